The average molecular weight is 357 g/mol. The Morgan fingerprint density at radius 1 is 1.08 bits per heavy atom. The molecule has 0 fully saturated rings. The highest BCUT2D eigenvalue weighted by Crippen LogP contribution is 2.32. The smallest absolute Gasteiger partial charge is 0.268 e. The fourth-order valence-electron chi connectivity index (χ4n) is 2.52. The molecule has 0 saturated heterocycles. The fraction of sp³-hybridized carbons (Fsp3) is 0.0625. The molecule has 120 valence electrons. The quantitative estimate of drug-likeness (QED) is 0.720. The van der Waals surface area contributed by atoms with Gasteiger partial charge in [-0.1, -0.05) is 18.2 Å². The highest BCUT2D eigenvalue weighted by molar-refractivity contribution is 7.90. The van der Waals surface area contributed by atoms with Crippen LogP contribution in [0.25, 0.3) is 10.7 Å². The Bertz CT molecular complexity index is 1030. The molecule has 0 unspecified atom stereocenters. The highest BCUT2D eigenvalue weighted by atomic mass is 32.2. The molecular weight excluding hydrogens is 346 g/mol. The van der Waals surface area contributed by atoms with Crippen molar-refractivity contribution in [2.45, 2.75) is 11.4 Å². The van der Waals surface area contributed by atoms with Crippen molar-refractivity contribution >= 4 is 27.3 Å². The van der Waals surface area contributed by atoms with Crippen molar-refractivity contribution in [3.8, 4) is 10.7 Å². The number of aromatic nitrogens is 2. The van der Waals surface area contributed by atoms with E-state index >= 15 is 0 Å². The zero-order chi connectivity index (χ0) is 16.7. The Morgan fingerprint density at radius 3 is 2.62 bits per heavy atom. The van der Waals surface area contributed by atoms with Crippen molar-refractivity contribution in [1.29, 1.82) is 0 Å². The van der Waals surface area contributed by atoms with Gasteiger partial charge in [0.15, 0.2) is 0 Å². The summed E-state index contributed by atoms with van der Waals surface area (Å²) in [6.07, 6.45) is 1.67. The standard InChI is InChI=1S/C16H11N3O3S2/c20-16-12-5-1-2-7-14(12)24(21,22)19(16)9-11-10-23-15(18-11)13-6-3-4-8-17-13/h1-8,10H,9H2. The van der Waals surface area contributed by atoms with Gasteiger partial charge in [-0.15, -0.1) is 11.3 Å². The third kappa shape index (κ3) is 2.31. The molecule has 3 heterocycles. The van der Waals surface area contributed by atoms with Crippen LogP contribution in [-0.2, 0) is 16.6 Å². The average Bonchev–Trinajstić information content (AvgIpc) is 3.14. The lowest BCUT2D eigenvalue weighted by atomic mass is 10.2. The van der Waals surface area contributed by atoms with Gasteiger partial charge < -0.3 is 0 Å². The Balaban J connectivity index is 1.66. The minimum Gasteiger partial charge on any atom is -0.268 e. The Hall–Kier alpha value is -2.58. The molecule has 1 aliphatic rings. The van der Waals surface area contributed by atoms with Crippen LogP contribution in [0.5, 0.6) is 0 Å². The Kier molecular flexibility index (Phi) is 3.43. The maximum atomic E-state index is 12.5. The second kappa shape index (κ2) is 5.50. The third-order valence-corrected chi connectivity index (χ3v) is 6.35. The topological polar surface area (TPSA) is 80.2 Å². The van der Waals surface area contributed by atoms with Gasteiger partial charge in [-0.3, -0.25) is 9.78 Å². The number of rotatable bonds is 3. The molecule has 1 aliphatic heterocycles. The van der Waals surface area contributed by atoms with Crippen LogP contribution in [0.1, 0.15) is 16.1 Å². The number of carbonyl (C=O) groups is 1. The molecule has 1 aromatic carbocycles. The van der Waals surface area contributed by atoms with Crippen LogP contribution < -0.4 is 0 Å². The van der Waals surface area contributed by atoms with Gasteiger partial charge in [-0.25, -0.2) is 17.7 Å². The van der Waals surface area contributed by atoms with Gasteiger partial charge in [0.2, 0.25) is 0 Å². The van der Waals surface area contributed by atoms with Crippen molar-refractivity contribution in [1.82, 2.24) is 14.3 Å². The molecular formula is C16H11N3O3S2. The van der Waals surface area contributed by atoms with Crippen LogP contribution in [-0.4, -0.2) is 28.6 Å². The molecule has 0 spiro atoms. The molecule has 2 aromatic heterocycles. The van der Waals surface area contributed by atoms with E-state index in [-0.39, 0.29) is 17.0 Å². The van der Waals surface area contributed by atoms with E-state index in [1.165, 1.54) is 23.5 Å². The molecule has 4 rings (SSSR count). The first-order valence-corrected chi connectivity index (χ1v) is 9.41. The van der Waals surface area contributed by atoms with E-state index in [0.717, 1.165) is 4.31 Å². The number of carbonyl (C=O) groups excluding carboxylic acids is 1. The summed E-state index contributed by atoms with van der Waals surface area (Å²) in [6, 6.07) is 11.7. The van der Waals surface area contributed by atoms with Crippen LogP contribution in [0.4, 0.5) is 0 Å². The number of fused-ring (bicyclic) bond motifs is 1. The second-order valence-corrected chi connectivity index (χ2v) is 7.86. The zero-order valence-corrected chi connectivity index (χ0v) is 13.9. The van der Waals surface area contributed by atoms with Crippen LogP contribution in [0.2, 0.25) is 0 Å². The molecule has 1 amide bonds. The first kappa shape index (κ1) is 15.0. The van der Waals surface area contributed by atoms with Gasteiger partial charge in [-0.2, -0.15) is 0 Å². The maximum Gasteiger partial charge on any atom is 0.269 e. The summed E-state index contributed by atoms with van der Waals surface area (Å²) in [5, 5.41) is 2.43. The van der Waals surface area contributed by atoms with E-state index in [2.05, 4.69) is 9.97 Å². The van der Waals surface area contributed by atoms with Crippen molar-refractivity contribution in [3.63, 3.8) is 0 Å². The van der Waals surface area contributed by atoms with Gasteiger partial charge in [0.05, 0.1) is 23.5 Å². The maximum absolute atomic E-state index is 12.5. The van der Waals surface area contributed by atoms with E-state index in [0.29, 0.717) is 16.4 Å². The van der Waals surface area contributed by atoms with Crippen LogP contribution in [0, 0.1) is 0 Å². The number of hydrogen-bond donors (Lipinski definition) is 0. The summed E-state index contributed by atoms with van der Waals surface area (Å²) in [5.41, 5.74) is 1.44. The van der Waals surface area contributed by atoms with E-state index < -0.39 is 15.9 Å². The van der Waals surface area contributed by atoms with Gasteiger partial charge in [0, 0.05) is 11.6 Å². The largest absolute Gasteiger partial charge is 0.269 e. The predicted molar refractivity (Wildman–Crippen MR) is 88.8 cm³/mol. The van der Waals surface area contributed by atoms with Crippen molar-refractivity contribution in [2.75, 3.05) is 0 Å². The minimum atomic E-state index is -3.82. The first-order valence-electron chi connectivity index (χ1n) is 7.09. The summed E-state index contributed by atoms with van der Waals surface area (Å²) in [7, 11) is -3.82. The van der Waals surface area contributed by atoms with Gasteiger partial charge in [0.25, 0.3) is 15.9 Å². The second-order valence-electron chi connectivity index (χ2n) is 5.17. The van der Waals surface area contributed by atoms with Gasteiger partial charge >= 0.3 is 0 Å². The monoisotopic (exact) mass is 357 g/mol. The minimum absolute atomic E-state index is 0.0511. The van der Waals surface area contributed by atoms with E-state index in [9.17, 15) is 13.2 Å². The lowest BCUT2D eigenvalue weighted by Crippen LogP contribution is -2.29. The number of nitrogens with zero attached hydrogens (tertiary/aromatic N) is 3. The Morgan fingerprint density at radius 2 is 1.88 bits per heavy atom. The lowest BCUT2D eigenvalue weighted by molar-refractivity contribution is 0.0864. The number of hydrogen-bond acceptors (Lipinski definition) is 6. The van der Waals surface area contributed by atoms with E-state index in [1.54, 1.807) is 23.7 Å². The van der Waals surface area contributed by atoms with Crippen molar-refractivity contribution in [3.05, 3.63) is 65.3 Å². The third-order valence-electron chi connectivity index (χ3n) is 3.65. The van der Waals surface area contributed by atoms with E-state index in [1.807, 2.05) is 18.2 Å². The lowest BCUT2D eigenvalue weighted by Gasteiger charge is -2.13. The van der Waals surface area contributed by atoms with Crippen LogP contribution >= 0.6 is 11.3 Å². The van der Waals surface area contributed by atoms with Crippen LogP contribution in [0.15, 0.2) is 58.9 Å². The molecule has 8 heteroatoms. The molecule has 0 aliphatic carbocycles. The fourth-order valence-corrected chi connectivity index (χ4v) is 4.85. The molecule has 0 atom stereocenters. The molecule has 0 N–H and O–H groups in total. The van der Waals surface area contributed by atoms with E-state index in [4.69, 9.17) is 0 Å². The van der Waals surface area contributed by atoms with Gasteiger partial charge in [0.1, 0.15) is 9.90 Å². The molecule has 0 bridgehead atoms. The molecule has 3 aromatic rings. The molecule has 24 heavy (non-hydrogen) atoms. The molecule has 0 saturated carbocycles. The number of pyridine rings is 1. The van der Waals surface area contributed by atoms with Crippen molar-refractivity contribution < 1.29 is 13.2 Å². The highest BCUT2D eigenvalue weighted by Gasteiger charge is 2.41. The Labute approximate surface area is 142 Å². The summed E-state index contributed by atoms with van der Waals surface area (Å²) in [5.74, 6) is -0.516. The molecule has 0 radical (unpaired) electrons. The number of benzene rings is 1. The summed E-state index contributed by atoms with van der Waals surface area (Å²) >= 11 is 1.36. The first-order chi connectivity index (χ1) is 11.6. The number of amides is 1. The summed E-state index contributed by atoms with van der Waals surface area (Å²) in [6.45, 7) is -0.0841. The van der Waals surface area contributed by atoms with Crippen LogP contribution in [0.3, 0.4) is 0 Å². The predicted octanol–water partition coefficient (Wildman–Crippen LogP) is 2.55. The van der Waals surface area contributed by atoms with Crippen molar-refractivity contribution in [2.24, 2.45) is 0 Å². The number of sulfonamides is 1. The summed E-state index contributed by atoms with van der Waals surface area (Å²) < 4.78 is 26.0. The SMILES string of the molecule is O=C1c2ccccc2S(=O)(=O)N1Cc1csc(-c2ccccn2)n1. The normalized spacial score (nSPS) is 15.5. The zero-order valence-electron chi connectivity index (χ0n) is 12.3. The summed E-state index contributed by atoms with van der Waals surface area (Å²) in [4.78, 5) is 21.1. The number of thiazole rings is 1. The molecule has 6 nitrogen and oxygen atoms in total. The van der Waals surface area contributed by atoms with Gasteiger partial charge in [-0.05, 0) is 24.3 Å².